The summed E-state index contributed by atoms with van der Waals surface area (Å²) in [4.78, 5) is 31.2. The minimum Gasteiger partial charge on any atom is -0.344 e. The molecule has 1 aliphatic carbocycles. The van der Waals surface area contributed by atoms with E-state index in [0.29, 0.717) is 25.6 Å². The fraction of sp³-hybridized carbons (Fsp3) is 0.600. The van der Waals surface area contributed by atoms with Crippen molar-refractivity contribution in [2.75, 3.05) is 38.6 Å². The highest BCUT2D eigenvalue weighted by Gasteiger charge is 2.38. The quantitative estimate of drug-likeness (QED) is 0.745. The topological polar surface area (TPSA) is 43.9 Å². The molecule has 0 N–H and O–H groups in total. The lowest BCUT2D eigenvalue weighted by molar-refractivity contribution is -0.139. The van der Waals surface area contributed by atoms with Gasteiger partial charge in [0.15, 0.2) is 0 Å². The monoisotopic (exact) mass is 343 g/mol. The highest BCUT2D eigenvalue weighted by molar-refractivity contribution is 6.09. The van der Waals surface area contributed by atoms with E-state index in [1.165, 1.54) is 25.7 Å². The van der Waals surface area contributed by atoms with Crippen LogP contribution in [-0.2, 0) is 9.59 Å². The third-order valence-corrected chi connectivity index (χ3v) is 5.68. The largest absolute Gasteiger partial charge is 0.344 e. The Balaban J connectivity index is 1.53. The second-order valence-corrected chi connectivity index (χ2v) is 7.35. The van der Waals surface area contributed by atoms with Crippen molar-refractivity contribution in [2.45, 2.75) is 38.1 Å². The number of amides is 2. The molecule has 1 atom stereocenters. The molecular formula is C20H29N3O2. The molecule has 2 aliphatic rings. The van der Waals surface area contributed by atoms with Gasteiger partial charge in [-0.25, -0.2) is 0 Å². The predicted molar refractivity (Wildman–Crippen MR) is 99.4 cm³/mol. The lowest BCUT2D eigenvalue weighted by Gasteiger charge is -2.27. The number of nitrogens with zero attached hydrogens (tertiary/aromatic N) is 3. The van der Waals surface area contributed by atoms with E-state index in [4.69, 9.17) is 0 Å². The lowest BCUT2D eigenvalue weighted by Crippen LogP contribution is -2.42. The summed E-state index contributed by atoms with van der Waals surface area (Å²) in [5.74, 6) is -0.627. The molecule has 0 radical (unpaired) electrons. The van der Waals surface area contributed by atoms with Gasteiger partial charge in [0, 0.05) is 38.4 Å². The van der Waals surface area contributed by atoms with Gasteiger partial charge in [0.25, 0.3) is 0 Å². The number of likely N-dealkylation sites (N-methyl/N-ethyl adjacent to an activating group) is 2. The van der Waals surface area contributed by atoms with Gasteiger partial charge in [0.05, 0.1) is 0 Å². The van der Waals surface area contributed by atoms with Gasteiger partial charge in [0.2, 0.25) is 11.8 Å². The van der Waals surface area contributed by atoms with E-state index in [2.05, 4.69) is 11.9 Å². The van der Waals surface area contributed by atoms with E-state index in [9.17, 15) is 9.59 Å². The van der Waals surface area contributed by atoms with Crippen molar-refractivity contribution in [2.24, 2.45) is 5.92 Å². The molecule has 2 amide bonds. The van der Waals surface area contributed by atoms with Crippen molar-refractivity contribution in [3.8, 4) is 0 Å². The zero-order valence-electron chi connectivity index (χ0n) is 15.4. The van der Waals surface area contributed by atoms with Gasteiger partial charge >= 0.3 is 0 Å². The fourth-order valence-electron chi connectivity index (χ4n) is 3.98. The average Bonchev–Trinajstić information content (AvgIpc) is 3.29. The van der Waals surface area contributed by atoms with Gasteiger partial charge < -0.3 is 14.7 Å². The van der Waals surface area contributed by atoms with E-state index in [1.54, 1.807) is 9.80 Å². The van der Waals surface area contributed by atoms with Crippen LogP contribution in [0.25, 0.3) is 0 Å². The first-order valence-corrected chi connectivity index (χ1v) is 9.39. The maximum Gasteiger partial charge on any atom is 0.239 e. The van der Waals surface area contributed by atoms with Gasteiger partial charge in [-0.3, -0.25) is 9.59 Å². The maximum atomic E-state index is 12.7. The van der Waals surface area contributed by atoms with E-state index < -0.39 is 5.92 Å². The molecular weight excluding hydrogens is 314 g/mol. The van der Waals surface area contributed by atoms with Crippen LogP contribution in [0.3, 0.4) is 0 Å². The fourth-order valence-corrected chi connectivity index (χ4v) is 3.98. The van der Waals surface area contributed by atoms with Gasteiger partial charge in [-0.15, -0.1) is 0 Å². The van der Waals surface area contributed by atoms with Crippen LogP contribution in [0.4, 0.5) is 5.69 Å². The van der Waals surface area contributed by atoms with E-state index in [-0.39, 0.29) is 11.8 Å². The molecule has 1 saturated carbocycles. The normalized spacial score (nSPS) is 21.3. The Morgan fingerprint density at radius 3 is 2.44 bits per heavy atom. The summed E-state index contributed by atoms with van der Waals surface area (Å²) in [5, 5.41) is 0. The lowest BCUT2D eigenvalue weighted by atomic mass is 10.1. The zero-order chi connectivity index (χ0) is 17.8. The Bertz CT molecular complexity index is 598. The Morgan fingerprint density at radius 2 is 1.76 bits per heavy atom. The van der Waals surface area contributed by atoms with Gasteiger partial charge in [-0.05, 0) is 38.4 Å². The van der Waals surface area contributed by atoms with Crippen LogP contribution in [0.1, 0.15) is 32.1 Å². The first-order valence-electron chi connectivity index (χ1n) is 9.39. The van der Waals surface area contributed by atoms with Gasteiger partial charge in [0.1, 0.15) is 5.92 Å². The van der Waals surface area contributed by atoms with Crippen LogP contribution >= 0.6 is 0 Å². The van der Waals surface area contributed by atoms with Crippen molar-refractivity contribution in [1.82, 2.24) is 9.80 Å². The third kappa shape index (κ3) is 4.03. The zero-order valence-corrected chi connectivity index (χ0v) is 15.4. The molecule has 5 nitrogen and oxygen atoms in total. The Morgan fingerprint density at radius 1 is 1.08 bits per heavy atom. The molecule has 0 aromatic heterocycles. The Hall–Kier alpha value is -1.88. The van der Waals surface area contributed by atoms with Crippen molar-refractivity contribution < 1.29 is 9.59 Å². The Labute approximate surface area is 150 Å². The second-order valence-electron chi connectivity index (χ2n) is 7.35. The molecule has 0 bridgehead atoms. The van der Waals surface area contributed by atoms with Crippen LogP contribution < -0.4 is 4.90 Å². The van der Waals surface area contributed by atoms with Crippen LogP contribution in [-0.4, -0.2) is 61.4 Å². The summed E-state index contributed by atoms with van der Waals surface area (Å²) in [6, 6.07) is 10.3. The minimum absolute atomic E-state index is 0.0387. The molecule has 1 aromatic carbocycles. The molecule has 136 valence electrons. The van der Waals surface area contributed by atoms with Crippen molar-refractivity contribution in [3.05, 3.63) is 30.3 Å². The summed E-state index contributed by atoms with van der Waals surface area (Å²) in [6.45, 7) is 2.17. The number of carbonyl (C=O) groups excluding carboxylic acids is 2. The molecule has 3 rings (SSSR count). The molecule has 0 unspecified atom stereocenters. The summed E-state index contributed by atoms with van der Waals surface area (Å²) < 4.78 is 0. The van der Waals surface area contributed by atoms with E-state index >= 15 is 0 Å². The number of benzene rings is 1. The maximum absolute atomic E-state index is 12.7. The standard InChI is InChI=1S/C20H29N3O2/c1-21(16-8-6-7-9-16)14-15-22(2)19(24)18-12-13-23(20(18)25)17-10-4-3-5-11-17/h3-5,10-11,16,18H,6-9,12-15H2,1-2H3/t18-/m1/s1. The molecule has 2 fully saturated rings. The number of carbonyl (C=O) groups is 2. The molecule has 5 heteroatoms. The second kappa shape index (κ2) is 8.00. The van der Waals surface area contributed by atoms with Gasteiger partial charge in [-0.2, -0.15) is 0 Å². The van der Waals surface area contributed by atoms with E-state index in [1.807, 2.05) is 37.4 Å². The van der Waals surface area contributed by atoms with Crippen LogP contribution in [0.15, 0.2) is 30.3 Å². The molecule has 1 aliphatic heterocycles. The number of para-hydroxylation sites is 1. The first kappa shape index (κ1) is 17.9. The van der Waals surface area contributed by atoms with Crippen molar-refractivity contribution in [1.29, 1.82) is 0 Å². The average molecular weight is 343 g/mol. The van der Waals surface area contributed by atoms with Gasteiger partial charge in [-0.1, -0.05) is 31.0 Å². The first-order chi connectivity index (χ1) is 12.1. The molecule has 25 heavy (non-hydrogen) atoms. The number of hydrogen-bond acceptors (Lipinski definition) is 3. The summed E-state index contributed by atoms with van der Waals surface area (Å²) in [5.41, 5.74) is 0.881. The minimum atomic E-state index is -0.526. The van der Waals surface area contributed by atoms with Crippen LogP contribution in [0, 0.1) is 5.92 Å². The molecule has 1 heterocycles. The van der Waals surface area contributed by atoms with E-state index in [0.717, 1.165) is 12.2 Å². The molecule has 1 aromatic rings. The number of hydrogen-bond donors (Lipinski definition) is 0. The predicted octanol–water partition coefficient (Wildman–Crippen LogP) is 2.37. The smallest absolute Gasteiger partial charge is 0.239 e. The molecule has 0 spiro atoms. The summed E-state index contributed by atoms with van der Waals surface area (Å²) >= 11 is 0. The van der Waals surface area contributed by atoms with Crippen LogP contribution in [0.2, 0.25) is 0 Å². The highest BCUT2D eigenvalue weighted by atomic mass is 16.2. The number of rotatable bonds is 6. The summed E-state index contributed by atoms with van der Waals surface area (Å²) in [7, 11) is 3.97. The van der Waals surface area contributed by atoms with Crippen molar-refractivity contribution in [3.63, 3.8) is 0 Å². The Kier molecular flexibility index (Phi) is 5.74. The number of anilines is 1. The van der Waals surface area contributed by atoms with Crippen LogP contribution in [0.5, 0.6) is 0 Å². The van der Waals surface area contributed by atoms with Crippen molar-refractivity contribution >= 4 is 17.5 Å². The molecule has 1 saturated heterocycles. The SMILES string of the molecule is CN(CCN(C)C1CCCC1)C(=O)[C@H]1CCN(c2ccccc2)C1=O. The highest BCUT2D eigenvalue weighted by Crippen LogP contribution is 2.26. The summed E-state index contributed by atoms with van der Waals surface area (Å²) in [6.07, 6.45) is 5.77. The third-order valence-electron chi connectivity index (χ3n) is 5.68.